The van der Waals surface area contributed by atoms with E-state index >= 15 is 0 Å². The summed E-state index contributed by atoms with van der Waals surface area (Å²) in [6.07, 6.45) is 7.50. The topological polar surface area (TPSA) is 72.8 Å². The second-order valence-corrected chi connectivity index (χ2v) is 10.6. The van der Waals surface area contributed by atoms with Gasteiger partial charge in [0, 0.05) is 42.6 Å². The minimum absolute atomic E-state index is 0.101. The number of aromatic nitrogens is 1. The molecule has 1 amide bonds. The Labute approximate surface area is 218 Å². The number of hydrogen-bond donors (Lipinski definition) is 1. The van der Waals surface area contributed by atoms with E-state index in [0.29, 0.717) is 26.4 Å². The fraction of sp³-hybridized carbons (Fsp3) is 0.519. The molecule has 4 rings (SSSR count). The molecule has 2 aliphatic rings. The Hall–Kier alpha value is -2.03. The molecule has 35 heavy (non-hydrogen) atoms. The molecule has 8 heteroatoms. The van der Waals surface area contributed by atoms with Gasteiger partial charge in [-0.25, -0.2) is 0 Å². The maximum atomic E-state index is 12.7. The lowest BCUT2D eigenvalue weighted by Gasteiger charge is -2.17. The summed E-state index contributed by atoms with van der Waals surface area (Å²) in [7, 11) is 0. The third-order valence-corrected chi connectivity index (χ3v) is 7.74. The molecule has 0 radical (unpaired) electrons. The first kappa shape index (κ1) is 27.6. The van der Waals surface area contributed by atoms with Crippen LogP contribution in [-0.4, -0.2) is 54.5 Å². The molecular formula is C27H37N3O3S2. The van der Waals surface area contributed by atoms with Gasteiger partial charge in [0.15, 0.2) is 5.75 Å². The highest BCUT2D eigenvalue weighted by atomic mass is 32.2. The predicted octanol–water partition coefficient (Wildman–Crippen LogP) is 5.27. The molecule has 1 aromatic carbocycles. The first-order chi connectivity index (χ1) is 17.2. The van der Waals surface area contributed by atoms with Crippen LogP contribution in [0, 0.1) is 0 Å². The molecule has 3 heterocycles. The van der Waals surface area contributed by atoms with Crippen LogP contribution in [0.2, 0.25) is 0 Å². The van der Waals surface area contributed by atoms with Crippen molar-refractivity contribution in [2.45, 2.75) is 57.2 Å². The van der Waals surface area contributed by atoms with E-state index < -0.39 is 6.04 Å². The van der Waals surface area contributed by atoms with Crippen molar-refractivity contribution in [2.75, 3.05) is 31.3 Å². The number of nitrogens with one attached hydrogen (secondary N) is 1. The van der Waals surface area contributed by atoms with Crippen molar-refractivity contribution >= 4 is 35.6 Å². The van der Waals surface area contributed by atoms with E-state index in [1.165, 1.54) is 19.3 Å². The van der Waals surface area contributed by atoms with Crippen LogP contribution in [0.3, 0.4) is 0 Å². The highest BCUT2D eigenvalue weighted by molar-refractivity contribution is 7.98. The Morgan fingerprint density at radius 1 is 1.14 bits per heavy atom. The van der Waals surface area contributed by atoms with Crippen LogP contribution in [-0.2, 0) is 27.6 Å². The van der Waals surface area contributed by atoms with Gasteiger partial charge in [-0.15, -0.1) is 0 Å². The molecule has 2 bridgehead atoms. The third kappa shape index (κ3) is 9.50. The first-order valence-corrected chi connectivity index (χ1v) is 14.7. The van der Waals surface area contributed by atoms with Crippen molar-refractivity contribution in [3.8, 4) is 5.75 Å². The van der Waals surface area contributed by atoms with Gasteiger partial charge in [0.1, 0.15) is 12.6 Å². The van der Waals surface area contributed by atoms with Gasteiger partial charge in [0.25, 0.3) is 0 Å². The first-order valence-electron chi connectivity index (χ1n) is 12.4. The molecule has 0 aliphatic carbocycles. The van der Waals surface area contributed by atoms with Gasteiger partial charge in [0.05, 0.1) is 12.3 Å². The van der Waals surface area contributed by atoms with E-state index in [1.807, 2.05) is 80.1 Å². The molecule has 2 aliphatic heterocycles. The number of rotatable bonds is 10. The zero-order chi connectivity index (χ0) is 24.7. The van der Waals surface area contributed by atoms with E-state index in [2.05, 4.69) is 10.3 Å². The van der Waals surface area contributed by atoms with E-state index in [0.717, 1.165) is 51.1 Å². The van der Waals surface area contributed by atoms with Crippen LogP contribution < -0.4 is 10.1 Å². The van der Waals surface area contributed by atoms with Crippen LogP contribution in [0.1, 0.15) is 55.5 Å². The normalized spacial score (nSPS) is 15.7. The summed E-state index contributed by atoms with van der Waals surface area (Å²) in [5.74, 6) is 4.56. The molecule has 0 saturated heterocycles. The fourth-order valence-corrected chi connectivity index (χ4v) is 5.53. The molecule has 6 nitrogen and oxygen atoms in total. The van der Waals surface area contributed by atoms with E-state index in [4.69, 9.17) is 14.5 Å². The number of thioether (sulfide) groups is 2. The summed E-state index contributed by atoms with van der Waals surface area (Å²) in [6, 6.07) is 9.39. The molecule has 1 aromatic heterocycles. The second kappa shape index (κ2) is 15.9. The maximum Gasteiger partial charge on any atom is 0.244 e. The average Bonchev–Trinajstić information content (AvgIpc) is 2.92. The van der Waals surface area contributed by atoms with Crippen molar-refractivity contribution in [3.05, 3.63) is 58.9 Å². The molecule has 2 aromatic rings. The van der Waals surface area contributed by atoms with Gasteiger partial charge in [-0.05, 0) is 49.3 Å². The van der Waals surface area contributed by atoms with E-state index in [9.17, 15) is 4.79 Å². The summed E-state index contributed by atoms with van der Waals surface area (Å²) in [4.78, 5) is 22.1. The Balaban J connectivity index is 1.79. The van der Waals surface area contributed by atoms with Gasteiger partial charge >= 0.3 is 0 Å². The summed E-state index contributed by atoms with van der Waals surface area (Å²) in [5.41, 5.74) is 4.02. The van der Waals surface area contributed by atoms with Crippen molar-refractivity contribution in [2.24, 2.45) is 4.99 Å². The number of carbonyl (C=O) groups is 1. The number of fused-ring (bicyclic) bond motifs is 10. The lowest BCUT2D eigenvalue weighted by molar-refractivity contribution is -0.122. The zero-order valence-corrected chi connectivity index (χ0v) is 22.5. The SMILES string of the molecule is CCOCCOc1c2ncc(c1C=N[C@@H](C)C(=O)NCc1ccccc1)CSCCCCCSC2. The maximum absolute atomic E-state index is 12.7. The van der Waals surface area contributed by atoms with Crippen LogP contribution in [0.15, 0.2) is 41.5 Å². The monoisotopic (exact) mass is 515 g/mol. The quantitative estimate of drug-likeness (QED) is 0.343. The van der Waals surface area contributed by atoms with Crippen LogP contribution in [0.5, 0.6) is 5.75 Å². The summed E-state index contributed by atoms with van der Waals surface area (Å²) in [6.45, 7) is 5.93. The van der Waals surface area contributed by atoms with Gasteiger partial charge in [-0.1, -0.05) is 36.8 Å². The van der Waals surface area contributed by atoms with Gasteiger partial charge in [-0.2, -0.15) is 23.5 Å². The Kier molecular flexibility index (Phi) is 12.5. The standard InChI is InChI=1S/C27H37N3O3S2/c1-3-32-12-13-33-26-24(18-28-21(2)27(31)30-16-22-10-6-4-7-11-22)23-17-29-25(26)20-35-15-9-5-8-14-34-19-23/h4,6-7,10-11,17-18,21H,3,5,8-9,12-16,19-20H2,1-2H3,(H,30,31)/t21-/m0/s1. The molecule has 190 valence electrons. The van der Waals surface area contributed by atoms with Crippen molar-refractivity contribution in [1.82, 2.24) is 10.3 Å². The van der Waals surface area contributed by atoms with Crippen LogP contribution in [0.4, 0.5) is 0 Å². The highest BCUT2D eigenvalue weighted by Crippen LogP contribution is 2.31. The molecule has 1 N–H and O–H groups in total. The third-order valence-electron chi connectivity index (χ3n) is 5.60. The smallest absolute Gasteiger partial charge is 0.244 e. The predicted molar refractivity (Wildman–Crippen MR) is 148 cm³/mol. The molecule has 0 saturated carbocycles. The van der Waals surface area contributed by atoms with Crippen LogP contribution >= 0.6 is 23.5 Å². The van der Waals surface area contributed by atoms with Crippen molar-refractivity contribution < 1.29 is 14.3 Å². The minimum atomic E-state index is -0.511. The number of carbonyl (C=O) groups excluding carboxylic acids is 1. The van der Waals surface area contributed by atoms with Crippen molar-refractivity contribution in [1.29, 1.82) is 0 Å². The van der Waals surface area contributed by atoms with Gasteiger partial charge < -0.3 is 14.8 Å². The molecular weight excluding hydrogens is 478 g/mol. The second-order valence-electron chi connectivity index (χ2n) is 8.34. The molecule has 0 unspecified atom stereocenters. The Bertz CT molecular complexity index is 941. The Morgan fingerprint density at radius 2 is 1.91 bits per heavy atom. The van der Waals surface area contributed by atoms with E-state index in [1.54, 1.807) is 0 Å². The summed E-state index contributed by atoms with van der Waals surface area (Å²) >= 11 is 3.81. The molecule has 0 spiro atoms. The number of benzene rings is 1. The van der Waals surface area contributed by atoms with Crippen molar-refractivity contribution in [3.63, 3.8) is 0 Å². The van der Waals surface area contributed by atoms with Crippen LogP contribution in [0.25, 0.3) is 0 Å². The average molecular weight is 516 g/mol. The minimum Gasteiger partial charge on any atom is -0.489 e. The number of pyridine rings is 1. The number of nitrogens with zero attached hydrogens (tertiary/aromatic N) is 2. The number of amides is 1. The number of aliphatic imine (C=N–C) groups is 1. The van der Waals surface area contributed by atoms with Gasteiger partial charge in [-0.3, -0.25) is 14.8 Å². The number of hydrogen-bond acceptors (Lipinski definition) is 7. The Morgan fingerprint density at radius 3 is 2.69 bits per heavy atom. The lowest BCUT2D eigenvalue weighted by atomic mass is 10.1. The largest absolute Gasteiger partial charge is 0.489 e. The van der Waals surface area contributed by atoms with E-state index in [-0.39, 0.29) is 5.91 Å². The van der Waals surface area contributed by atoms with Gasteiger partial charge in [0.2, 0.25) is 5.91 Å². The highest BCUT2D eigenvalue weighted by Gasteiger charge is 2.18. The summed E-state index contributed by atoms with van der Waals surface area (Å²) in [5, 5.41) is 2.98. The summed E-state index contributed by atoms with van der Waals surface area (Å²) < 4.78 is 11.7. The fourth-order valence-electron chi connectivity index (χ4n) is 3.58. The molecule has 1 atom stereocenters. The lowest BCUT2D eigenvalue weighted by Crippen LogP contribution is -2.31. The zero-order valence-electron chi connectivity index (χ0n) is 20.8. The molecule has 0 fully saturated rings. The number of ether oxygens (including phenoxy) is 2.